The Hall–Kier alpha value is -2.79. The van der Waals surface area contributed by atoms with Crippen molar-refractivity contribution in [1.29, 1.82) is 0 Å². The van der Waals surface area contributed by atoms with E-state index in [0.717, 1.165) is 12.8 Å². The first-order valence-electron chi connectivity index (χ1n) is 14.5. The number of esters is 3. The lowest BCUT2D eigenvalue weighted by Gasteiger charge is -2.54. The van der Waals surface area contributed by atoms with Gasteiger partial charge in [0.05, 0.1) is 22.1 Å². The fourth-order valence-corrected chi connectivity index (χ4v) is 10.5. The molecule has 1 aromatic carbocycles. The summed E-state index contributed by atoms with van der Waals surface area (Å²) in [7, 11) is -4.75. The third-order valence-corrected chi connectivity index (χ3v) is 11.9. The average Bonchev–Trinajstić information content (AvgIpc) is 3.49. The Morgan fingerprint density at radius 3 is 2.37 bits per heavy atom. The molecule has 41 heavy (non-hydrogen) atoms. The molecule has 0 aromatic heterocycles. The van der Waals surface area contributed by atoms with Crippen molar-refractivity contribution in [2.24, 2.45) is 46.8 Å². The Kier molecular flexibility index (Phi) is 5.85. The Bertz CT molecular complexity index is 1480. The molecule has 0 radical (unpaired) electrons. The van der Waals surface area contributed by atoms with E-state index in [1.54, 1.807) is 13.8 Å². The Labute approximate surface area is 238 Å². The van der Waals surface area contributed by atoms with E-state index in [1.807, 2.05) is 0 Å². The summed E-state index contributed by atoms with van der Waals surface area (Å²) in [4.78, 5) is 52.6. The van der Waals surface area contributed by atoms with Crippen LogP contribution in [0.15, 0.2) is 17.0 Å². The zero-order valence-electron chi connectivity index (χ0n) is 23.2. The predicted molar refractivity (Wildman–Crippen MR) is 138 cm³/mol. The zero-order chi connectivity index (χ0) is 29.2. The third kappa shape index (κ3) is 3.94. The van der Waals surface area contributed by atoms with Gasteiger partial charge in [-0.15, -0.1) is 0 Å². The number of carbonyl (C=O) groups is 4. The molecule has 6 saturated carbocycles. The molecule has 0 N–H and O–H groups in total. The summed E-state index contributed by atoms with van der Waals surface area (Å²) in [5.41, 5.74) is -0.279. The van der Waals surface area contributed by atoms with E-state index >= 15 is 0 Å². The smallest absolute Gasteiger partial charge is 0.315 e. The number of Topliss-reactive ketones (excluding diaryl/α,β-unsaturated/α-hetero) is 1. The molecule has 8 atom stereocenters. The maximum atomic E-state index is 13.7. The molecule has 10 nitrogen and oxygen atoms in total. The van der Waals surface area contributed by atoms with Gasteiger partial charge >= 0.3 is 17.9 Å². The van der Waals surface area contributed by atoms with Gasteiger partial charge in [-0.05, 0) is 80.5 Å². The van der Waals surface area contributed by atoms with E-state index in [9.17, 15) is 32.1 Å². The zero-order valence-corrected chi connectivity index (χ0v) is 24.0. The molecule has 8 rings (SSSR count). The fraction of sp³-hybridized carbons (Fsp3) is 0.667. The number of ketones is 1. The van der Waals surface area contributed by atoms with E-state index in [1.165, 1.54) is 19.1 Å². The number of benzene rings is 1. The van der Waals surface area contributed by atoms with Gasteiger partial charge in [0.2, 0.25) is 0 Å². The van der Waals surface area contributed by atoms with Crippen molar-refractivity contribution in [3.05, 3.63) is 23.3 Å². The van der Waals surface area contributed by atoms with Gasteiger partial charge in [0.1, 0.15) is 33.9 Å². The number of hydrogen-bond acceptors (Lipinski definition) is 10. The van der Waals surface area contributed by atoms with Crippen LogP contribution in [-0.4, -0.2) is 48.9 Å². The normalized spacial score (nSPS) is 39.9. The van der Waals surface area contributed by atoms with E-state index < -0.39 is 57.4 Å². The van der Waals surface area contributed by atoms with Crippen LogP contribution in [-0.2, 0) is 38.8 Å². The van der Waals surface area contributed by atoms with Gasteiger partial charge in [-0.25, -0.2) is 8.42 Å². The molecule has 6 aliphatic carbocycles. The largest absolute Gasteiger partial charge is 0.744 e. The highest BCUT2D eigenvalue weighted by Crippen LogP contribution is 2.62. The SMILES string of the molecule is Cc1cc(OC(=O)C2C3CC4C(OC(=O)C42)C3OC(=O)C23CC4CC(C2)C(=O)C(C4)C3)cc(C(C)C)c1S(=O)(=O)[O-]. The van der Waals surface area contributed by atoms with Gasteiger partial charge in [0.15, 0.2) is 0 Å². The highest BCUT2D eigenvalue weighted by atomic mass is 32.2. The lowest BCUT2D eigenvalue weighted by atomic mass is 9.49. The summed E-state index contributed by atoms with van der Waals surface area (Å²) in [5, 5.41) is 0. The molecular weight excluding hydrogens is 552 g/mol. The second kappa shape index (κ2) is 8.86. The summed E-state index contributed by atoms with van der Waals surface area (Å²) in [6.45, 7) is 4.94. The lowest BCUT2D eigenvalue weighted by Crippen LogP contribution is -2.56. The topological polar surface area (TPSA) is 153 Å². The van der Waals surface area contributed by atoms with Gasteiger partial charge in [0, 0.05) is 23.7 Å². The molecule has 1 saturated heterocycles. The van der Waals surface area contributed by atoms with Crippen LogP contribution in [0.25, 0.3) is 0 Å². The second-order valence-electron chi connectivity index (χ2n) is 13.6. The van der Waals surface area contributed by atoms with Crippen molar-refractivity contribution >= 4 is 33.8 Å². The first-order chi connectivity index (χ1) is 19.3. The quantitative estimate of drug-likeness (QED) is 0.276. The minimum absolute atomic E-state index is 0.0843. The molecule has 7 aliphatic rings. The van der Waals surface area contributed by atoms with Crippen LogP contribution in [0.2, 0.25) is 0 Å². The minimum Gasteiger partial charge on any atom is -0.744 e. The predicted octanol–water partition coefficient (Wildman–Crippen LogP) is 3.04. The Morgan fingerprint density at radius 1 is 1.05 bits per heavy atom. The first-order valence-corrected chi connectivity index (χ1v) is 16.0. The number of fused-ring (bicyclic) bond motifs is 1. The summed E-state index contributed by atoms with van der Waals surface area (Å²) in [5.74, 6) is -3.63. The van der Waals surface area contributed by atoms with Crippen LogP contribution >= 0.6 is 0 Å². The van der Waals surface area contributed by atoms with Crippen molar-refractivity contribution in [2.75, 3.05) is 0 Å². The molecule has 7 fully saturated rings. The Balaban J connectivity index is 1.14. The van der Waals surface area contributed by atoms with Crippen molar-refractivity contribution in [1.82, 2.24) is 0 Å². The number of hydrogen-bond donors (Lipinski definition) is 0. The van der Waals surface area contributed by atoms with Gasteiger partial charge in [-0.1, -0.05) is 13.8 Å². The molecule has 6 bridgehead atoms. The third-order valence-electron chi connectivity index (χ3n) is 10.9. The van der Waals surface area contributed by atoms with Crippen LogP contribution in [0, 0.1) is 53.8 Å². The summed E-state index contributed by atoms with van der Waals surface area (Å²) in [6.07, 6.45) is 2.52. The summed E-state index contributed by atoms with van der Waals surface area (Å²) in [6, 6.07) is 2.72. The molecule has 1 heterocycles. The number of ether oxygens (including phenoxy) is 3. The van der Waals surface area contributed by atoms with Crippen molar-refractivity contribution in [2.45, 2.75) is 82.3 Å². The standard InChI is InChI=1S/C30H34O10S/c1-12(2)18-7-17(4-13(3)26(18)41(35,36)37)38-27(32)21-20-8-19-22(21)28(33)39-24(19)25(20)40-29(34)30-9-14-5-15(10-30)23(31)16(6-14)11-30/h4,7,12,14-16,19-22,24-25H,5-6,8-11H2,1-3H3,(H,35,36,37)/p-1. The highest BCUT2D eigenvalue weighted by molar-refractivity contribution is 7.85. The molecule has 1 aromatic rings. The summed E-state index contributed by atoms with van der Waals surface area (Å²) >= 11 is 0. The van der Waals surface area contributed by atoms with E-state index in [4.69, 9.17) is 14.2 Å². The molecule has 8 unspecified atom stereocenters. The monoisotopic (exact) mass is 585 g/mol. The molecule has 0 amide bonds. The lowest BCUT2D eigenvalue weighted by molar-refractivity contribution is -0.188. The average molecular weight is 586 g/mol. The van der Waals surface area contributed by atoms with Gasteiger partial charge < -0.3 is 18.8 Å². The van der Waals surface area contributed by atoms with Crippen molar-refractivity contribution in [3.63, 3.8) is 0 Å². The number of rotatable bonds is 6. The number of carbonyl (C=O) groups excluding carboxylic acids is 4. The van der Waals surface area contributed by atoms with Crippen LogP contribution in [0.3, 0.4) is 0 Å². The molecule has 220 valence electrons. The van der Waals surface area contributed by atoms with Crippen LogP contribution in [0.5, 0.6) is 5.75 Å². The van der Waals surface area contributed by atoms with E-state index in [2.05, 4.69) is 0 Å². The summed E-state index contributed by atoms with van der Waals surface area (Å²) < 4.78 is 53.3. The van der Waals surface area contributed by atoms with Gasteiger partial charge in [-0.2, -0.15) is 0 Å². The van der Waals surface area contributed by atoms with Gasteiger partial charge in [-0.3, -0.25) is 19.2 Å². The molecule has 11 heteroatoms. The Morgan fingerprint density at radius 2 is 1.73 bits per heavy atom. The van der Waals surface area contributed by atoms with Crippen molar-refractivity contribution < 1.29 is 46.4 Å². The molecule has 1 aliphatic heterocycles. The van der Waals surface area contributed by atoms with Crippen LogP contribution < -0.4 is 4.74 Å². The van der Waals surface area contributed by atoms with Gasteiger partial charge in [0.25, 0.3) is 0 Å². The maximum Gasteiger partial charge on any atom is 0.315 e. The van der Waals surface area contributed by atoms with E-state index in [-0.39, 0.29) is 57.2 Å². The molecular formula is C30H33O10S-. The fourth-order valence-electron chi connectivity index (χ4n) is 9.49. The minimum atomic E-state index is -4.75. The molecule has 0 spiro atoms. The number of aryl methyl sites for hydroxylation is 1. The highest BCUT2D eigenvalue weighted by Gasteiger charge is 2.71. The van der Waals surface area contributed by atoms with E-state index in [0.29, 0.717) is 31.6 Å². The first kappa shape index (κ1) is 27.1. The second-order valence-corrected chi connectivity index (χ2v) is 14.9. The van der Waals surface area contributed by atoms with Crippen molar-refractivity contribution in [3.8, 4) is 5.75 Å². The maximum absolute atomic E-state index is 13.7. The van der Waals surface area contributed by atoms with Crippen LogP contribution in [0.4, 0.5) is 0 Å². The van der Waals surface area contributed by atoms with Crippen LogP contribution in [0.1, 0.15) is 69.4 Å².